The molecule has 0 amide bonds. The van der Waals surface area contributed by atoms with Gasteiger partial charge in [0.05, 0.1) is 11.2 Å². The van der Waals surface area contributed by atoms with Gasteiger partial charge < -0.3 is 19.3 Å². The highest BCUT2D eigenvalue weighted by atomic mass is 35.5. The number of hydrogen-bond acceptors (Lipinski definition) is 9. The Morgan fingerprint density at radius 2 is 1.39 bits per heavy atom. The molecule has 0 saturated carbocycles. The molecule has 12 heteroatoms. The molecule has 0 bridgehead atoms. The van der Waals surface area contributed by atoms with Crippen LogP contribution in [0.25, 0.3) is 0 Å². The van der Waals surface area contributed by atoms with E-state index in [0.717, 1.165) is 51.9 Å². The lowest BCUT2D eigenvalue weighted by Crippen LogP contribution is -2.25. The van der Waals surface area contributed by atoms with Crippen LogP contribution >= 0.6 is 34.8 Å². The average molecular weight is 577 g/mol. The minimum Gasteiger partial charge on any atom is -0.490 e. The third-order valence-corrected chi connectivity index (χ3v) is 6.96. The SMILES string of the molecule is Clc1ccc(OCCOc2c(Cl)cc(Cl)cc2C=NNc2nc(N3CCCC3)nc(N3CCCC3)n2)cc1. The second-order valence-corrected chi connectivity index (χ2v) is 10.3. The summed E-state index contributed by atoms with van der Waals surface area (Å²) < 4.78 is 11.6. The Labute approximate surface area is 236 Å². The van der Waals surface area contributed by atoms with Gasteiger partial charge in [-0.15, -0.1) is 0 Å². The highest BCUT2D eigenvalue weighted by molar-refractivity contribution is 6.36. The van der Waals surface area contributed by atoms with E-state index >= 15 is 0 Å². The summed E-state index contributed by atoms with van der Waals surface area (Å²) >= 11 is 18.6. The monoisotopic (exact) mass is 575 g/mol. The third-order valence-electron chi connectivity index (χ3n) is 6.21. The first-order chi connectivity index (χ1) is 18.5. The van der Waals surface area contributed by atoms with Crippen molar-refractivity contribution in [2.24, 2.45) is 5.10 Å². The number of rotatable bonds is 10. The van der Waals surface area contributed by atoms with Crippen molar-refractivity contribution < 1.29 is 9.47 Å². The number of anilines is 3. The van der Waals surface area contributed by atoms with Gasteiger partial charge in [0.2, 0.25) is 17.8 Å². The topological polar surface area (TPSA) is 88.0 Å². The number of ether oxygens (including phenoxy) is 2. The maximum absolute atomic E-state index is 6.44. The average Bonchev–Trinajstić information content (AvgIpc) is 3.64. The number of aromatic nitrogens is 3. The Morgan fingerprint density at radius 1 is 0.789 bits per heavy atom. The van der Waals surface area contributed by atoms with E-state index in [9.17, 15) is 0 Å². The van der Waals surface area contributed by atoms with Crippen LogP contribution in [0.5, 0.6) is 11.5 Å². The van der Waals surface area contributed by atoms with Crippen molar-refractivity contribution in [3.63, 3.8) is 0 Å². The second kappa shape index (κ2) is 12.7. The first kappa shape index (κ1) is 26.6. The van der Waals surface area contributed by atoms with Crippen LogP contribution < -0.4 is 24.7 Å². The summed E-state index contributed by atoms with van der Waals surface area (Å²) in [4.78, 5) is 18.3. The molecule has 38 heavy (non-hydrogen) atoms. The molecule has 0 aliphatic carbocycles. The Balaban J connectivity index is 1.27. The largest absolute Gasteiger partial charge is 0.490 e. The minimum absolute atomic E-state index is 0.268. The van der Waals surface area contributed by atoms with Crippen molar-refractivity contribution in [1.82, 2.24) is 15.0 Å². The highest BCUT2D eigenvalue weighted by Gasteiger charge is 2.21. The molecule has 3 aromatic rings. The molecule has 1 N–H and O–H groups in total. The van der Waals surface area contributed by atoms with Gasteiger partial charge >= 0.3 is 0 Å². The summed E-state index contributed by atoms with van der Waals surface area (Å²) in [6, 6.07) is 10.5. The van der Waals surface area contributed by atoms with Gasteiger partial charge in [-0.25, -0.2) is 5.43 Å². The molecule has 0 radical (unpaired) electrons. The predicted octanol–water partition coefficient (Wildman–Crippen LogP) is 5.94. The third kappa shape index (κ3) is 6.89. The predicted molar refractivity (Wildman–Crippen MR) is 153 cm³/mol. The standard InChI is InChI=1S/C26H28Cl3N7O2/c27-19-5-7-21(8-6-19)37-13-14-38-23-18(15-20(28)16-22(23)29)17-30-34-24-31-25(35-9-1-2-10-35)33-26(32-24)36-11-3-4-12-36/h5-8,15-17H,1-4,9-14H2,(H,31,32,33,34). The lowest BCUT2D eigenvalue weighted by atomic mass is 10.2. The molecule has 2 saturated heterocycles. The zero-order chi connectivity index (χ0) is 26.3. The minimum atomic E-state index is 0.268. The Bertz CT molecular complexity index is 1230. The maximum atomic E-state index is 6.44. The maximum Gasteiger partial charge on any atom is 0.250 e. The van der Waals surface area contributed by atoms with Crippen LogP contribution in [0, 0.1) is 0 Å². The quantitative estimate of drug-likeness (QED) is 0.180. The zero-order valence-electron chi connectivity index (χ0n) is 20.7. The number of hydrogen-bond donors (Lipinski definition) is 1. The van der Waals surface area contributed by atoms with E-state index in [0.29, 0.717) is 56.6 Å². The zero-order valence-corrected chi connectivity index (χ0v) is 23.0. The molecule has 0 atom stereocenters. The molecule has 2 aliphatic rings. The van der Waals surface area contributed by atoms with Crippen molar-refractivity contribution in [2.45, 2.75) is 25.7 Å². The van der Waals surface area contributed by atoms with E-state index < -0.39 is 0 Å². The van der Waals surface area contributed by atoms with E-state index in [1.165, 1.54) is 0 Å². The lowest BCUT2D eigenvalue weighted by molar-refractivity contribution is 0.217. The van der Waals surface area contributed by atoms with E-state index in [1.54, 1.807) is 42.6 Å². The van der Waals surface area contributed by atoms with Gasteiger partial charge in [-0.2, -0.15) is 20.1 Å². The molecule has 200 valence electrons. The van der Waals surface area contributed by atoms with Crippen LogP contribution in [-0.4, -0.2) is 60.6 Å². The van der Waals surface area contributed by atoms with Gasteiger partial charge in [0.1, 0.15) is 24.7 Å². The molecule has 3 heterocycles. The lowest BCUT2D eigenvalue weighted by Gasteiger charge is -2.20. The van der Waals surface area contributed by atoms with E-state index in [1.807, 2.05) is 0 Å². The molecular weight excluding hydrogens is 549 g/mol. The first-order valence-corrected chi connectivity index (χ1v) is 13.7. The number of hydrazone groups is 1. The summed E-state index contributed by atoms with van der Waals surface area (Å²) in [6.45, 7) is 4.35. The van der Waals surface area contributed by atoms with Crippen molar-refractivity contribution >= 4 is 58.9 Å². The normalized spacial score (nSPS) is 15.4. The molecule has 0 spiro atoms. The number of nitrogens with zero attached hydrogens (tertiary/aromatic N) is 6. The molecule has 5 rings (SSSR count). The van der Waals surface area contributed by atoms with E-state index in [-0.39, 0.29) is 6.61 Å². The van der Waals surface area contributed by atoms with Crippen molar-refractivity contribution in [2.75, 3.05) is 54.6 Å². The van der Waals surface area contributed by atoms with Gasteiger partial charge in [-0.1, -0.05) is 34.8 Å². The Hall–Kier alpha value is -3.01. The van der Waals surface area contributed by atoms with Gasteiger partial charge in [0, 0.05) is 41.8 Å². The smallest absolute Gasteiger partial charge is 0.250 e. The van der Waals surface area contributed by atoms with Crippen LogP contribution in [0.4, 0.5) is 17.8 Å². The summed E-state index contributed by atoms with van der Waals surface area (Å²) in [7, 11) is 0. The molecule has 9 nitrogen and oxygen atoms in total. The van der Waals surface area contributed by atoms with Crippen LogP contribution in [0.15, 0.2) is 41.5 Å². The first-order valence-electron chi connectivity index (χ1n) is 12.6. The Kier molecular flexibility index (Phi) is 8.88. The molecule has 2 aliphatic heterocycles. The summed E-state index contributed by atoms with van der Waals surface area (Å²) in [5.41, 5.74) is 3.56. The fourth-order valence-electron chi connectivity index (χ4n) is 4.34. The van der Waals surface area contributed by atoms with Crippen LogP contribution in [0.1, 0.15) is 31.2 Å². The van der Waals surface area contributed by atoms with Gasteiger partial charge in [-0.3, -0.25) is 0 Å². The van der Waals surface area contributed by atoms with E-state index in [4.69, 9.17) is 49.3 Å². The molecule has 2 aromatic carbocycles. The van der Waals surface area contributed by atoms with Crippen LogP contribution in [0.3, 0.4) is 0 Å². The number of benzene rings is 2. The number of halogens is 3. The van der Waals surface area contributed by atoms with Gasteiger partial charge in [0.25, 0.3) is 0 Å². The molecule has 2 fully saturated rings. The molecule has 0 unspecified atom stereocenters. The fourth-order valence-corrected chi connectivity index (χ4v) is 5.03. The highest BCUT2D eigenvalue weighted by Crippen LogP contribution is 2.32. The van der Waals surface area contributed by atoms with Crippen molar-refractivity contribution in [3.8, 4) is 11.5 Å². The van der Waals surface area contributed by atoms with Crippen LogP contribution in [-0.2, 0) is 0 Å². The summed E-state index contributed by atoms with van der Waals surface area (Å²) in [5, 5.41) is 5.86. The van der Waals surface area contributed by atoms with E-state index in [2.05, 4.69) is 30.3 Å². The fraction of sp³-hybridized carbons (Fsp3) is 0.385. The summed E-state index contributed by atoms with van der Waals surface area (Å²) in [6.07, 6.45) is 6.12. The second-order valence-electron chi connectivity index (χ2n) is 8.97. The van der Waals surface area contributed by atoms with Crippen LogP contribution in [0.2, 0.25) is 15.1 Å². The summed E-state index contributed by atoms with van der Waals surface area (Å²) in [5.74, 6) is 2.88. The molecule has 1 aromatic heterocycles. The van der Waals surface area contributed by atoms with Gasteiger partial charge in [-0.05, 0) is 62.1 Å². The van der Waals surface area contributed by atoms with Gasteiger partial charge in [0.15, 0.2) is 0 Å². The van der Waals surface area contributed by atoms with Crippen molar-refractivity contribution in [1.29, 1.82) is 0 Å². The molecular formula is C26H28Cl3N7O2. The number of nitrogens with one attached hydrogen (secondary N) is 1. The Morgan fingerprint density at radius 3 is 2.03 bits per heavy atom. The van der Waals surface area contributed by atoms with Crippen molar-refractivity contribution in [3.05, 3.63) is 57.0 Å².